The van der Waals surface area contributed by atoms with Gasteiger partial charge >= 0.3 is 0 Å². The van der Waals surface area contributed by atoms with Crippen molar-refractivity contribution >= 4 is 55.7 Å². The van der Waals surface area contributed by atoms with Crippen molar-refractivity contribution < 1.29 is 0 Å². The number of fused-ring (bicyclic) bond motifs is 3. The lowest BCUT2D eigenvalue weighted by atomic mass is 9.61. The summed E-state index contributed by atoms with van der Waals surface area (Å²) < 4.78 is 0. The van der Waals surface area contributed by atoms with Gasteiger partial charge in [0.25, 0.3) is 0 Å². The highest BCUT2D eigenvalue weighted by Gasteiger charge is 2.51. The van der Waals surface area contributed by atoms with Crippen molar-refractivity contribution in [1.82, 2.24) is 0 Å². The first kappa shape index (κ1) is 28.7. The smallest absolute Gasteiger partial charge is 0.0546 e. The quantitative estimate of drug-likeness (QED) is 0.179. The molecule has 0 aromatic heterocycles. The SMILES string of the molecule is CC1(C)c2cccc3c2N2c4c1cccc4C(C)(C)c1cc(N(c4ccccc4)c4cc5ccccc5c5ccccc45)cc(c12)C3(C)C. The van der Waals surface area contributed by atoms with E-state index in [1.807, 2.05) is 0 Å². The van der Waals surface area contributed by atoms with Gasteiger partial charge in [-0.2, -0.15) is 0 Å². The van der Waals surface area contributed by atoms with Crippen LogP contribution < -0.4 is 9.80 Å². The molecule has 3 heterocycles. The van der Waals surface area contributed by atoms with E-state index in [1.54, 1.807) is 0 Å². The van der Waals surface area contributed by atoms with E-state index in [0.717, 1.165) is 5.69 Å². The Labute approximate surface area is 289 Å². The minimum Gasteiger partial charge on any atom is -0.310 e. The molecule has 3 aliphatic heterocycles. The van der Waals surface area contributed by atoms with Gasteiger partial charge in [0.1, 0.15) is 0 Å². The normalized spacial score (nSPS) is 16.8. The van der Waals surface area contributed by atoms with E-state index < -0.39 is 0 Å². The van der Waals surface area contributed by atoms with Crippen molar-refractivity contribution in [1.29, 1.82) is 0 Å². The zero-order valence-electron chi connectivity index (χ0n) is 29.1. The molecular weight excluding hydrogens is 593 g/mol. The lowest BCUT2D eigenvalue weighted by Gasteiger charge is -2.55. The Balaban J connectivity index is 1.33. The fraction of sp³-hybridized carbons (Fsp3) is 0.191. The van der Waals surface area contributed by atoms with Gasteiger partial charge in [0.2, 0.25) is 0 Å². The number of benzene rings is 7. The van der Waals surface area contributed by atoms with Crippen LogP contribution in [-0.4, -0.2) is 0 Å². The first-order chi connectivity index (χ1) is 23.6. The van der Waals surface area contributed by atoms with E-state index in [0.29, 0.717) is 0 Å². The number of hydrogen-bond acceptors (Lipinski definition) is 2. The summed E-state index contributed by atoms with van der Waals surface area (Å²) in [4.78, 5) is 5.17. The van der Waals surface area contributed by atoms with Gasteiger partial charge in [-0.25, -0.2) is 0 Å². The minimum absolute atomic E-state index is 0.102. The maximum atomic E-state index is 2.66. The highest BCUT2D eigenvalue weighted by Crippen LogP contribution is 2.66. The van der Waals surface area contributed by atoms with Crippen LogP contribution in [0, 0.1) is 0 Å². The first-order valence-corrected chi connectivity index (χ1v) is 17.6. The molecule has 2 heteroatoms. The fourth-order valence-electron chi connectivity index (χ4n) is 9.52. The highest BCUT2D eigenvalue weighted by atomic mass is 15.2. The predicted octanol–water partition coefficient (Wildman–Crippen LogP) is 12.9. The van der Waals surface area contributed by atoms with Crippen molar-refractivity contribution in [2.24, 2.45) is 0 Å². The first-order valence-electron chi connectivity index (χ1n) is 17.6. The third-order valence-corrected chi connectivity index (χ3v) is 12.1. The lowest BCUT2D eigenvalue weighted by Crippen LogP contribution is -2.43. The van der Waals surface area contributed by atoms with Gasteiger partial charge in [0, 0.05) is 33.0 Å². The van der Waals surface area contributed by atoms with Crippen molar-refractivity contribution in [2.45, 2.75) is 57.8 Å². The summed E-state index contributed by atoms with van der Waals surface area (Å²) in [5.41, 5.74) is 15.5. The molecule has 7 aromatic rings. The largest absolute Gasteiger partial charge is 0.310 e. The second-order valence-corrected chi connectivity index (χ2v) is 15.8. The standard InChI is InChI=1S/C47H40N2/c1-45(2)35-22-14-24-37-42(35)49-43-36(45)23-15-25-38(43)47(5,6)40-28-31(27-39(44(40)49)46(37,3)4)48(30-17-8-7-9-18-30)41-26-29-16-10-11-19-32(29)33-20-12-13-21-34(33)41/h7-28H,1-6H3. The number of hydrogen-bond donors (Lipinski definition) is 0. The lowest BCUT2D eigenvalue weighted by molar-refractivity contribution is 0.566. The third kappa shape index (κ3) is 3.56. The summed E-state index contributed by atoms with van der Waals surface area (Å²) >= 11 is 0. The van der Waals surface area contributed by atoms with Crippen LogP contribution in [0.5, 0.6) is 0 Å². The highest BCUT2D eigenvalue weighted by molar-refractivity contribution is 6.14. The van der Waals surface area contributed by atoms with E-state index >= 15 is 0 Å². The minimum atomic E-state index is -0.217. The fourth-order valence-corrected chi connectivity index (χ4v) is 9.52. The maximum Gasteiger partial charge on any atom is 0.0546 e. The van der Waals surface area contributed by atoms with Gasteiger partial charge in [-0.05, 0) is 79.9 Å². The Hall–Kier alpha value is -5.34. The van der Waals surface area contributed by atoms with Crippen LogP contribution in [0.1, 0.15) is 74.9 Å². The molecule has 0 spiro atoms. The molecule has 0 N–H and O–H groups in total. The molecule has 238 valence electrons. The molecule has 3 aliphatic rings. The van der Waals surface area contributed by atoms with Crippen LogP contribution in [0.3, 0.4) is 0 Å². The molecular formula is C47H40N2. The van der Waals surface area contributed by atoms with Crippen molar-refractivity contribution in [3.8, 4) is 0 Å². The van der Waals surface area contributed by atoms with E-state index in [9.17, 15) is 0 Å². The van der Waals surface area contributed by atoms with Gasteiger partial charge in [-0.1, -0.05) is 145 Å². The molecule has 7 aromatic carbocycles. The van der Waals surface area contributed by atoms with Gasteiger partial charge < -0.3 is 9.80 Å². The van der Waals surface area contributed by atoms with E-state index in [-0.39, 0.29) is 16.2 Å². The van der Waals surface area contributed by atoms with Crippen LogP contribution >= 0.6 is 0 Å². The second-order valence-electron chi connectivity index (χ2n) is 15.8. The number of nitrogens with zero attached hydrogens (tertiary/aromatic N) is 2. The maximum absolute atomic E-state index is 2.66. The van der Waals surface area contributed by atoms with Crippen LogP contribution in [0.4, 0.5) is 34.1 Å². The summed E-state index contributed by atoms with van der Waals surface area (Å²) in [6.07, 6.45) is 0. The Kier molecular flexibility index (Phi) is 5.51. The summed E-state index contributed by atoms with van der Waals surface area (Å²) in [6, 6.07) is 50.1. The molecule has 0 amide bonds. The van der Waals surface area contributed by atoms with Crippen molar-refractivity contribution in [3.63, 3.8) is 0 Å². The zero-order valence-corrected chi connectivity index (χ0v) is 29.1. The molecule has 0 radical (unpaired) electrons. The molecule has 0 bridgehead atoms. The average molecular weight is 633 g/mol. The molecule has 10 rings (SSSR count). The monoisotopic (exact) mass is 632 g/mol. The Morgan fingerprint density at radius 3 is 1.41 bits per heavy atom. The summed E-state index contributed by atoms with van der Waals surface area (Å²) in [7, 11) is 0. The summed E-state index contributed by atoms with van der Waals surface area (Å²) in [5, 5.41) is 5.05. The van der Waals surface area contributed by atoms with Gasteiger partial charge in [-0.15, -0.1) is 0 Å². The van der Waals surface area contributed by atoms with Crippen LogP contribution in [0.25, 0.3) is 21.5 Å². The van der Waals surface area contributed by atoms with Gasteiger partial charge in [-0.3, -0.25) is 0 Å². The molecule has 0 fully saturated rings. The molecule has 2 nitrogen and oxygen atoms in total. The van der Waals surface area contributed by atoms with Crippen molar-refractivity contribution in [2.75, 3.05) is 9.80 Å². The summed E-state index contributed by atoms with van der Waals surface area (Å²) in [5.74, 6) is 0. The summed E-state index contributed by atoms with van der Waals surface area (Å²) in [6.45, 7) is 14.6. The zero-order chi connectivity index (χ0) is 33.4. The Morgan fingerprint density at radius 2 is 0.837 bits per heavy atom. The average Bonchev–Trinajstić information content (AvgIpc) is 3.11. The van der Waals surface area contributed by atoms with Crippen molar-refractivity contribution in [3.05, 3.63) is 167 Å². The second kappa shape index (κ2) is 9.42. The number of anilines is 6. The molecule has 0 saturated carbocycles. The van der Waals surface area contributed by atoms with Crippen LogP contribution in [0.15, 0.2) is 133 Å². The number of rotatable bonds is 3. The Bertz CT molecular complexity index is 2440. The van der Waals surface area contributed by atoms with E-state index in [4.69, 9.17) is 0 Å². The Morgan fingerprint density at radius 1 is 0.388 bits per heavy atom. The molecule has 49 heavy (non-hydrogen) atoms. The third-order valence-electron chi connectivity index (χ3n) is 12.1. The number of para-hydroxylation sites is 3. The van der Waals surface area contributed by atoms with E-state index in [1.165, 1.54) is 83.4 Å². The molecule has 0 aliphatic carbocycles. The van der Waals surface area contributed by atoms with Crippen LogP contribution in [-0.2, 0) is 16.2 Å². The topological polar surface area (TPSA) is 6.48 Å². The molecule has 0 atom stereocenters. The van der Waals surface area contributed by atoms with Gasteiger partial charge in [0.05, 0.1) is 22.7 Å². The van der Waals surface area contributed by atoms with Gasteiger partial charge in [0.15, 0.2) is 0 Å². The van der Waals surface area contributed by atoms with Crippen LogP contribution in [0.2, 0.25) is 0 Å². The predicted molar refractivity (Wildman–Crippen MR) is 207 cm³/mol. The molecule has 0 unspecified atom stereocenters. The van der Waals surface area contributed by atoms with E-state index in [2.05, 4.69) is 185 Å². The molecule has 0 saturated heterocycles.